The number of epoxide rings is 1. The summed E-state index contributed by atoms with van der Waals surface area (Å²) in [4.78, 5) is 2.27. The van der Waals surface area contributed by atoms with Gasteiger partial charge in [0.25, 0.3) is 0 Å². The van der Waals surface area contributed by atoms with E-state index in [1.165, 1.54) is 16.8 Å². The molecule has 0 amide bonds. The maximum Gasteiger partial charge on any atom is 0.0984 e. The smallest absolute Gasteiger partial charge is 0.0984 e. The average molecular weight is 191 g/mol. The Bertz CT molecular complexity index is 331. The molecule has 1 atom stereocenters. The molecule has 2 heteroatoms. The largest absolute Gasteiger partial charge is 0.372 e. The molecule has 1 heterocycles. The fourth-order valence-electron chi connectivity index (χ4n) is 1.81. The first kappa shape index (κ1) is 9.53. The van der Waals surface area contributed by atoms with Crippen molar-refractivity contribution in [2.75, 3.05) is 25.1 Å². The molecule has 76 valence electrons. The van der Waals surface area contributed by atoms with Crippen molar-refractivity contribution in [2.45, 2.75) is 20.0 Å². The van der Waals surface area contributed by atoms with E-state index in [4.69, 9.17) is 4.74 Å². The second-order valence-electron chi connectivity index (χ2n) is 4.13. The number of likely N-dealkylation sites (N-methyl/N-ethyl adjacent to an activating group) is 1. The highest BCUT2D eigenvalue weighted by molar-refractivity contribution is 5.53. The molecule has 14 heavy (non-hydrogen) atoms. The fraction of sp³-hybridized carbons (Fsp3) is 0.500. The van der Waals surface area contributed by atoms with Gasteiger partial charge < -0.3 is 9.64 Å². The van der Waals surface area contributed by atoms with E-state index in [1.54, 1.807) is 0 Å². The Morgan fingerprint density at radius 2 is 2.14 bits per heavy atom. The van der Waals surface area contributed by atoms with Crippen molar-refractivity contribution in [3.63, 3.8) is 0 Å². The van der Waals surface area contributed by atoms with Crippen molar-refractivity contribution in [3.05, 3.63) is 29.3 Å². The van der Waals surface area contributed by atoms with E-state index in [9.17, 15) is 0 Å². The molecule has 0 aromatic heterocycles. The molecule has 0 radical (unpaired) electrons. The third kappa shape index (κ3) is 2.07. The van der Waals surface area contributed by atoms with Crippen LogP contribution in [0.5, 0.6) is 0 Å². The Labute approximate surface area is 85.5 Å². The van der Waals surface area contributed by atoms with Crippen LogP contribution < -0.4 is 4.90 Å². The van der Waals surface area contributed by atoms with Gasteiger partial charge in [0.05, 0.1) is 12.7 Å². The summed E-state index contributed by atoms with van der Waals surface area (Å²) >= 11 is 0. The topological polar surface area (TPSA) is 15.8 Å². The molecule has 1 fully saturated rings. The van der Waals surface area contributed by atoms with Crippen molar-refractivity contribution in [1.29, 1.82) is 0 Å². The number of hydrogen-bond donors (Lipinski definition) is 0. The second-order valence-corrected chi connectivity index (χ2v) is 4.13. The molecule has 0 aliphatic carbocycles. The molecule has 0 spiro atoms. The van der Waals surface area contributed by atoms with Crippen molar-refractivity contribution < 1.29 is 4.74 Å². The van der Waals surface area contributed by atoms with Crippen LogP contribution in [0.2, 0.25) is 0 Å². The lowest BCUT2D eigenvalue weighted by molar-refractivity contribution is 0.410. The lowest BCUT2D eigenvalue weighted by Gasteiger charge is -2.20. The summed E-state index contributed by atoms with van der Waals surface area (Å²) in [5.74, 6) is 0. The zero-order valence-corrected chi connectivity index (χ0v) is 9.08. The Morgan fingerprint density at radius 3 is 2.71 bits per heavy atom. The first-order valence-electron chi connectivity index (χ1n) is 5.07. The molecule has 0 saturated carbocycles. The molecule has 2 rings (SSSR count). The van der Waals surface area contributed by atoms with E-state index in [1.807, 2.05) is 0 Å². The van der Waals surface area contributed by atoms with Crippen molar-refractivity contribution in [2.24, 2.45) is 0 Å². The molecule has 0 N–H and O–H groups in total. The van der Waals surface area contributed by atoms with Crippen LogP contribution in [0.3, 0.4) is 0 Å². The van der Waals surface area contributed by atoms with Crippen LogP contribution in [0.25, 0.3) is 0 Å². The minimum atomic E-state index is 0.459. The van der Waals surface area contributed by atoms with E-state index in [0.717, 1.165) is 13.2 Å². The minimum Gasteiger partial charge on any atom is -0.372 e. The van der Waals surface area contributed by atoms with Gasteiger partial charge in [-0.1, -0.05) is 17.7 Å². The third-order valence-corrected chi connectivity index (χ3v) is 2.64. The summed E-state index contributed by atoms with van der Waals surface area (Å²) in [7, 11) is 2.12. The van der Waals surface area contributed by atoms with Crippen molar-refractivity contribution >= 4 is 5.69 Å². The van der Waals surface area contributed by atoms with Crippen LogP contribution in [-0.2, 0) is 4.74 Å². The molecule has 1 aliphatic rings. The summed E-state index contributed by atoms with van der Waals surface area (Å²) in [6.45, 7) is 6.21. The highest BCUT2D eigenvalue weighted by atomic mass is 16.6. The summed E-state index contributed by atoms with van der Waals surface area (Å²) in [5.41, 5.74) is 3.97. The van der Waals surface area contributed by atoms with Gasteiger partial charge in [0.2, 0.25) is 0 Å². The number of rotatable bonds is 3. The van der Waals surface area contributed by atoms with Crippen LogP contribution in [-0.4, -0.2) is 26.3 Å². The molecule has 0 bridgehead atoms. The van der Waals surface area contributed by atoms with Gasteiger partial charge in [-0.25, -0.2) is 0 Å². The average Bonchev–Trinajstić information content (AvgIpc) is 2.87. The van der Waals surface area contributed by atoms with Gasteiger partial charge in [-0.05, 0) is 25.5 Å². The predicted molar refractivity (Wildman–Crippen MR) is 58.9 cm³/mol. The van der Waals surface area contributed by atoms with Gasteiger partial charge in [0, 0.05) is 19.3 Å². The zero-order valence-electron chi connectivity index (χ0n) is 9.08. The normalized spacial score (nSPS) is 19.5. The van der Waals surface area contributed by atoms with Gasteiger partial charge in [-0.2, -0.15) is 0 Å². The van der Waals surface area contributed by atoms with E-state index in [0.29, 0.717) is 6.10 Å². The number of nitrogens with zero attached hydrogens (tertiary/aromatic N) is 1. The van der Waals surface area contributed by atoms with Crippen LogP contribution in [0.15, 0.2) is 18.2 Å². The quantitative estimate of drug-likeness (QED) is 0.680. The lowest BCUT2D eigenvalue weighted by atomic mass is 10.1. The van der Waals surface area contributed by atoms with Crippen LogP contribution >= 0.6 is 0 Å². The number of benzene rings is 1. The maximum atomic E-state index is 5.22. The van der Waals surface area contributed by atoms with Crippen molar-refractivity contribution in [3.8, 4) is 0 Å². The van der Waals surface area contributed by atoms with Gasteiger partial charge in [-0.3, -0.25) is 0 Å². The Kier molecular flexibility index (Phi) is 2.46. The molecule has 1 aromatic carbocycles. The maximum absolute atomic E-state index is 5.22. The monoisotopic (exact) mass is 191 g/mol. The first-order chi connectivity index (χ1) is 6.66. The molecule has 1 aromatic rings. The molecule has 0 unspecified atom stereocenters. The summed E-state index contributed by atoms with van der Waals surface area (Å²) < 4.78 is 5.22. The van der Waals surface area contributed by atoms with Gasteiger partial charge >= 0.3 is 0 Å². The van der Waals surface area contributed by atoms with Gasteiger partial charge in [-0.15, -0.1) is 0 Å². The fourth-order valence-corrected chi connectivity index (χ4v) is 1.81. The van der Waals surface area contributed by atoms with Gasteiger partial charge in [0.1, 0.15) is 0 Å². The number of aryl methyl sites for hydroxylation is 2. The summed E-state index contributed by atoms with van der Waals surface area (Å²) in [5, 5.41) is 0. The highest BCUT2D eigenvalue weighted by Gasteiger charge is 2.24. The molecular formula is C12H17NO. The Hall–Kier alpha value is -1.02. The minimum absolute atomic E-state index is 0.459. The second kappa shape index (κ2) is 3.62. The van der Waals surface area contributed by atoms with E-state index in [-0.39, 0.29) is 0 Å². The van der Waals surface area contributed by atoms with Crippen LogP contribution in [0.4, 0.5) is 5.69 Å². The molecule has 2 nitrogen and oxygen atoms in total. The van der Waals surface area contributed by atoms with E-state index >= 15 is 0 Å². The number of anilines is 1. The number of hydrogen-bond acceptors (Lipinski definition) is 2. The summed E-state index contributed by atoms with van der Waals surface area (Å²) in [6.07, 6.45) is 0.459. The van der Waals surface area contributed by atoms with Crippen molar-refractivity contribution in [1.82, 2.24) is 0 Å². The zero-order chi connectivity index (χ0) is 10.1. The highest BCUT2D eigenvalue weighted by Crippen LogP contribution is 2.22. The SMILES string of the molecule is Cc1ccc(N(C)C[C@H]2CO2)c(C)c1. The molecule has 1 saturated heterocycles. The Morgan fingerprint density at radius 1 is 1.43 bits per heavy atom. The molecule has 1 aliphatic heterocycles. The van der Waals surface area contributed by atoms with E-state index < -0.39 is 0 Å². The molecular weight excluding hydrogens is 174 g/mol. The Balaban J connectivity index is 2.13. The lowest BCUT2D eigenvalue weighted by Crippen LogP contribution is -2.23. The first-order valence-corrected chi connectivity index (χ1v) is 5.07. The standard InChI is InChI=1S/C12H17NO/c1-9-4-5-12(10(2)6-9)13(3)7-11-8-14-11/h4-6,11H,7-8H2,1-3H3/t11-/m0/s1. The predicted octanol–water partition coefficient (Wildman–Crippen LogP) is 2.14. The van der Waals surface area contributed by atoms with Crippen LogP contribution in [0.1, 0.15) is 11.1 Å². The number of ether oxygens (including phenoxy) is 1. The van der Waals surface area contributed by atoms with E-state index in [2.05, 4.69) is 44.0 Å². The van der Waals surface area contributed by atoms with Crippen LogP contribution in [0, 0.1) is 13.8 Å². The third-order valence-electron chi connectivity index (χ3n) is 2.64. The summed E-state index contributed by atoms with van der Waals surface area (Å²) in [6, 6.07) is 6.57. The van der Waals surface area contributed by atoms with Gasteiger partial charge in [0.15, 0.2) is 0 Å².